The number of hydrogen-bond acceptors (Lipinski definition) is 6. The highest BCUT2D eigenvalue weighted by atomic mass is 35.5. The highest BCUT2D eigenvalue weighted by Gasteiger charge is 2.13. The van der Waals surface area contributed by atoms with Crippen LogP contribution in [0.5, 0.6) is 5.75 Å². The van der Waals surface area contributed by atoms with Gasteiger partial charge < -0.3 is 19.0 Å². The summed E-state index contributed by atoms with van der Waals surface area (Å²) in [4.78, 5) is 16.4. The summed E-state index contributed by atoms with van der Waals surface area (Å²) in [6, 6.07) is 17.5. The van der Waals surface area contributed by atoms with Crippen LogP contribution in [0.1, 0.15) is 0 Å². The van der Waals surface area contributed by atoms with Crippen molar-refractivity contribution in [1.82, 2.24) is 10.1 Å². The van der Waals surface area contributed by atoms with Crippen LogP contribution in [0.15, 0.2) is 75.9 Å². The van der Waals surface area contributed by atoms with Crippen LogP contribution < -0.4 is 10.1 Å². The summed E-state index contributed by atoms with van der Waals surface area (Å²) in [5.74, 6) is 1.33. The number of anilines is 1. The summed E-state index contributed by atoms with van der Waals surface area (Å²) < 4.78 is 16.0. The van der Waals surface area contributed by atoms with Crippen molar-refractivity contribution in [1.29, 1.82) is 0 Å². The Morgan fingerprint density at radius 2 is 2.00 bits per heavy atom. The van der Waals surface area contributed by atoms with E-state index >= 15 is 0 Å². The van der Waals surface area contributed by atoms with E-state index in [-0.39, 0.29) is 18.4 Å². The highest BCUT2D eigenvalue weighted by molar-refractivity contribution is 6.33. The van der Waals surface area contributed by atoms with Crippen molar-refractivity contribution < 1.29 is 18.5 Å². The molecule has 4 aromatic rings. The predicted molar refractivity (Wildman–Crippen MR) is 103 cm³/mol. The number of aromatic nitrogens is 2. The number of nitrogens with zero attached hydrogens (tertiary/aromatic N) is 2. The lowest BCUT2D eigenvalue weighted by Gasteiger charge is -2.09. The Bertz CT molecular complexity index is 1090. The maximum absolute atomic E-state index is 12.1. The Morgan fingerprint density at radius 1 is 1.11 bits per heavy atom. The van der Waals surface area contributed by atoms with E-state index < -0.39 is 0 Å². The van der Waals surface area contributed by atoms with Crippen LogP contribution in [-0.4, -0.2) is 22.7 Å². The van der Waals surface area contributed by atoms with Gasteiger partial charge in [-0.15, -0.1) is 0 Å². The second-order valence-electron chi connectivity index (χ2n) is 5.74. The van der Waals surface area contributed by atoms with Gasteiger partial charge in [0.1, 0.15) is 5.75 Å². The zero-order chi connectivity index (χ0) is 19.3. The smallest absolute Gasteiger partial charge is 0.293 e. The first kappa shape index (κ1) is 17.8. The maximum Gasteiger partial charge on any atom is 0.293 e. The summed E-state index contributed by atoms with van der Waals surface area (Å²) in [5.41, 5.74) is 1.22. The largest absolute Gasteiger partial charge is 0.484 e. The Labute approximate surface area is 164 Å². The van der Waals surface area contributed by atoms with E-state index in [1.54, 1.807) is 54.6 Å². The number of halogens is 1. The SMILES string of the molecule is O=C(COc1cccc(-c2noc(-c3ccco3)n2)c1)Nc1ccccc1Cl. The van der Waals surface area contributed by atoms with E-state index in [4.69, 9.17) is 25.3 Å². The van der Waals surface area contributed by atoms with Crippen molar-refractivity contribution >= 4 is 23.2 Å². The number of carbonyl (C=O) groups is 1. The number of furan rings is 1. The molecule has 2 heterocycles. The van der Waals surface area contributed by atoms with Crippen molar-refractivity contribution in [3.63, 3.8) is 0 Å². The third kappa shape index (κ3) is 4.05. The van der Waals surface area contributed by atoms with Crippen molar-refractivity contribution in [2.24, 2.45) is 0 Å². The minimum Gasteiger partial charge on any atom is -0.484 e. The molecular formula is C20H14ClN3O4. The van der Waals surface area contributed by atoms with Gasteiger partial charge in [-0.05, 0) is 36.4 Å². The lowest BCUT2D eigenvalue weighted by atomic mass is 10.2. The molecule has 0 radical (unpaired) electrons. The van der Waals surface area contributed by atoms with Crippen molar-refractivity contribution in [3.05, 3.63) is 71.9 Å². The van der Waals surface area contributed by atoms with E-state index in [1.165, 1.54) is 6.26 Å². The average Bonchev–Trinajstić information content (AvgIpc) is 3.40. The van der Waals surface area contributed by atoms with Gasteiger partial charge in [-0.2, -0.15) is 4.98 Å². The molecule has 0 aliphatic rings. The molecule has 8 heteroatoms. The Morgan fingerprint density at radius 3 is 2.82 bits per heavy atom. The fourth-order valence-corrected chi connectivity index (χ4v) is 2.65. The first-order valence-corrected chi connectivity index (χ1v) is 8.72. The van der Waals surface area contributed by atoms with E-state index in [0.717, 1.165) is 0 Å². The molecule has 4 rings (SSSR count). The molecule has 140 valence electrons. The molecule has 2 aromatic heterocycles. The van der Waals surface area contributed by atoms with Crippen LogP contribution in [-0.2, 0) is 4.79 Å². The van der Waals surface area contributed by atoms with Crippen LogP contribution >= 0.6 is 11.6 Å². The first-order chi connectivity index (χ1) is 13.7. The number of para-hydroxylation sites is 1. The van der Waals surface area contributed by atoms with E-state index in [1.807, 2.05) is 6.07 Å². The van der Waals surface area contributed by atoms with Crippen LogP contribution in [0.3, 0.4) is 0 Å². The number of amides is 1. The molecule has 0 unspecified atom stereocenters. The van der Waals surface area contributed by atoms with Crippen LogP contribution in [0.25, 0.3) is 23.0 Å². The number of nitrogens with one attached hydrogen (secondary N) is 1. The highest BCUT2D eigenvalue weighted by Crippen LogP contribution is 2.25. The lowest BCUT2D eigenvalue weighted by Crippen LogP contribution is -2.20. The third-order valence-electron chi connectivity index (χ3n) is 3.77. The molecule has 7 nitrogen and oxygen atoms in total. The van der Waals surface area contributed by atoms with Gasteiger partial charge >= 0.3 is 0 Å². The molecule has 0 spiro atoms. The topological polar surface area (TPSA) is 90.4 Å². The van der Waals surface area contributed by atoms with Crippen LogP contribution in [0, 0.1) is 0 Å². The van der Waals surface area contributed by atoms with Gasteiger partial charge in [-0.1, -0.05) is 41.0 Å². The fourth-order valence-electron chi connectivity index (χ4n) is 2.46. The molecule has 0 aliphatic heterocycles. The standard InChI is InChI=1S/C20H14ClN3O4/c21-15-7-1-2-8-16(15)22-18(25)12-27-14-6-3-5-13(11-14)19-23-20(28-24-19)17-9-4-10-26-17/h1-11H,12H2,(H,22,25). The molecule has 0 saturated carbocycles. The van der Waals surface area contributed by atoms with E-state index in [9.17, 15) is 4.79 Å². The molecule has 0 aliphatic carbocycles. The molecule has 0 atom stereocenters. The molecule has 28 heavy (non-hydrogen) atoms. The van der Waals surface area contributed by atoms with Gasteiger partial charge in [0, 0.05) is 5.56 Å². The Kier molecular flexibility index (Phi) is 5.07. The summed E-state index contributed by atoms with van der Waals surface area (Å²) >= 11 is 6.03. The third-order valence-corrected chi connectivity index (χ3v) is 4.10. The quantitative estimate of drug-likeness (QED) is 0.510. The number of rotatable bonds is 6. The molecule has 2 aromatic carbocycles. The van der Waals surface area contributed by atoms with E-state index in [0.29, 0.717) is 33.6 Å². The molecule has 0 saturated heterocycles. The molecule has 1 amide bonds. The monoisotopic (exact) mass is 395 g/mol. The van der Waals surface area contributed by atoms with E-state index in [2.05, 4.69) is 15.5 Å². The zero-order valence-electron chi connectivity index (χ0n) is 14.5. The normalized spacial score (nSPS) is 10.6. The van der Waals surface area contributed by atoms with Gasteiger partial charge in [0.2, 0.25) is 5.82 Å². The van der Waals surface area contributed by atoms with Crippen molar-refractivity contribution in [2.75, 3.05) is 11.9 Å². The summed E-state index contributed by atoms with van der Waals surface area (Å²) in [6.07, 6.45) is 1.53. The zero-order valence-corrected chi connectivity index (χ0v) is 15.2. The van der Waals surface area contributed by atoms with Crippen molar-refractivity contribution in [2.45, 2.75) is 0 Å². The average molecular weight is 396 g/mol. The van der Waals surface area contributed by atoms with Gasteiger partial charge in [0.25, 0.3) is 11.8 Å². The number of benzene rings is 2. The number of carbonyl (C=O) groups excluding carboxylic acids is 1. The number of hydrogen-bond donors (Lipinski definition) is 1. The van der Waals surface area contributed by atoms with Crippen molar-refractivity contribution in [3.8, 4) is 28.8 Å². The minimum atomic E-state index is -0.321. The van der Waals surface area contributed by atoms with Gasteiger partial charge in [-0.3, -0.25) is 4.79 Å². The first-order valence-electron chi connectivity index (χ1n) is 8.34. The van der Waals surface area contributed by atoms with Crippen LogP contribution in [0.2, 0.25) is 5.02 Å². The maximum atomic E-state index is 12.1. The second kappa shape index (κ2) is 7.98. The molecule has 0 fully saturated rings. The molecule has 0 bridgehead atoms. The summed E-state index contributed by atoms with van der Waals surface area (Å²) in [7, 11) is 0. The Hall–Kier alpha value is -3.58. The summed E-state index contributed by atoms with van der Waals surface area (Å²) in [6.45, 7) is -0.168. The lowest BCUT2D eigenvalue weighted by molar-refractivity contribution is -0.118. The van der Waals surface area contributed by atoms with Gasteiger partial charge in [-0.25, -0.2) is 0 Å². The molecular weight excluding hydrogens is 382 g/mol. The Balaban J connectivity index is 1.41. The van der Waals surface area contributed by atoms with Gasteiger partial charge in [0.15, 0.2) is 12.4 Å². The van der Waals surface area contributed by atoms with Gasteiger partial charge in [0.05, 0.1) is 17.0 Å². The fraction of sp³-hybridized carbons (Fsp3) is 0.0500. The minimum absolute atomic E-state index is 0.168. The predicted octanol–water partition coefficient (Wildman–Crippen LogP) is 4.67. The number of ether oxygens (including phenoxy) is 1. The molecule has 1 N–H and O–H groups in total. The van der Waals surface area contributed by atoms with Crippen LogP contribution in [0.4, 0.5) is 5.69 Å². The second-order valence-corrected chi connectivity index (χ2v) is 6.15. The summed E-state index contributed by atoms with van der Waals surface area (Å²) in [5, 5.41) is 7.11.